The van der Waals surface area contributed by atoms with Crippen LogP contribution in [0.3, 0.4) is 0 Å². The van der Waals surface area contributed by atoms with Crippen LogP contribution in [0, 0.1) is 0 Å². The number of aromatic nitrogens is 1. The minimum Gasteiger partial charge on any atom is -0.388 e. The summed E-state index contributed by atoms with van der Waals surface area (Å²) in [5.74, 6) is 0. The molecule has 1 N–H and O–H groups in total. The highest BCUT2D eigenvalue weighted by molar-refractivity contribution is 9.10. The van der Waals surface area contributed by atoms with Crippen molar-refractivity contribution in [2.24, 2.45) is 0 Å². The maximum atomic E-state index is 10.0. The molecule has 1 heterocycles. The Labute approximate surface area is 113 Å². The lowest BCUT2D eigenvalue weighted by molar-refractivity contribution is 0.177. The van der Waals surface area contributed by atoms with Gasteiger partial charge in [-0.05, 0) is 45.8 Å². The normalized spacial score (nSPS) is 12.4. The number of aliphatic hydroxyl groups excluding tert-OH is 1. The van der Waals surface area contributed by atoms with Crippen LogP contribution < -0.4 is 0 Å². The summed E-state index contributed by atoms with van der Waals surface area (Å²) in [6.07, 6.45) is 1.67. The van der Waals surface area contributed by atoms with Crippen LogP contribution in [0.4, 0.5) is 0 Å². The first-order valence-electron chi connectivity index (χ1n) is 5.19. The predicted molar refractivity (Wildman–Crippen MR) is 72.1 cm³/mol. The molecule has 0 saturated carbocycles. The average Bonchev–Trinajstić information content (AvgIpc) is 2.33. The van der Waals surface area contributed by atoms with Crippen molar-refractivity contribution in [1.82, 2.24) is 4.98 Å². The third-order valence-corrected chi connectivity index (χ3v) is 3.17. The van der Waals surface area contributed by atoms with E-state index in [9.17, 15) is 5.11 Å². The summed E-state index contributed by atoms with van der Waals surface area (Å²) in [5.41, 5.74) is 1.70. The van der Waals surface area contributed by atoms with Gasteiger partial charge in [0.2, 0.25) is 0 Å². The van der Waals surface area contributed by atoms with Crippen LogP contribution >= 0.6 is 27.5 Å². The molecule has 2 aromatic rings. The number of aliphatic hydroxyl groups is 1. The molecule has 0 aliphatic rings. The average molecular weight is 313 g/mol. The summed E-state index contributed by atoms with van der Waals surface area (Å²) in [4.78, 5) is 4.23. The lowest BCUT2D eigenvalue weighted by Gasteiger charge is -2.10. The molecule has 88 valence electrons. The van der Waals surface area contributed by atoms with E-state index in [0.717, 1.165) is 15.7 Å². The number of benzene rings is 1. The van der Waals surface area contributed by atoms with Crippen LogP contribution in [-0.2, 0) is 6.42 Å². The van der Waals surface area contributed by atoms with Crippen molar-refractivity contribution in [1.29, 1.82) is 0 Å². The maximum Gasteiger partial charge on any atom is 0.0845 e. The van der Waals surface area contributed by atoms with E-state index < -0.39 is 6.10 Å². The van der Waals surface area contributed by atoms with Crippen LogP contribution in [0.2, 0.25) is 5.02 Å². The molecule has 0 spiro atoms. The van der Waals surface area contributed by atoms with E-state index in [4.69, 9.17) is 11.6 Å². The van der Waals surface area contributed by atoms with Gasteiger partial charge in [0, 0.05) is 27.8 Å². The summed E-state index contributed by atoms with van der Waals surface area (Å²) in [5, 5.41) is 10.7. The van der Waals surface area contributed by atoms with Crippen molar-refractivity contribution in [3.8, 4) is 0 Å². The first kappa shape index (κ1) is 12.6. The molecule has 2 rings (SSSR count). The first-order valence-corrected chi connectivity index (χ1v) is 6.36. The molecule has 2 nitrogen and oxygen atoms in total. The zero-order chi connectivity index (χ0) is 12.3. The molecule has 0 amide bonds. The lowest BCUT2D eigenvalue weighted by Crippen LogP contribution is -2.03. The summed E-state index contributed by atoms with van der Waals surface area (Å²) in [6.45, 7) is 0. The van der Waals surface area contributed by atoms with E-state index in [1.807, 2.05) is 24.3 Å². The summed E-state index contributed by atoms with van der Waals surface area (Å²) >= 11 is 9.12. The van der Waals surface area contributed by atoms with Gasteiger partial charge in [-0.15, -0.1) is 0 Å². The van der Waals surface area contributed by atoms with Crippen LogP contribution in [0.1, 0.15) is 17.4 Å². The summed E-state index contributed by atoms with van der Waals surface area (Å²) in [7, 11) is 0. The topological polar surface area (TPSA) is 33.1 Å². The van der Waals surface area contributed by atoms with Gasteiger partial charge < -0.3 is 5.11 Å². The van der Waals surface area contributed by atoms with Crippen molar-refractivity contribution in [2.45, 2.75) is 12.5 Å². The van der Waals surface area contributed by atoms with Crippen molar-refractivity contribution in [3.63, 3.8) is 0 Å². The molecule has 0 bridgehead atoms. The Morgan fingerprint density at radius 3 is 2.47 bits per heavy atom. The van der Waals surface area contributed by atoms with E-state index in [2.05, 4.69) is 20.9 Å². The lowest BCUT2D eigenvalue weighted by atomic mass is 10.0. The number of halogens is 2. The minimum absolute atomic E-state index is 0.495. The van der Waals surface area contributed by atoms with E-state index >= 15 is 0 Å². The fourth-order valence-electron chi connectivity index (χ4n) is 1.53. The first-order chi connectivity index (χ1) is 8.15. The van der Waals surface area contributed by atoms with E-state index in [0.29, 0.717) is 11.4 Å². The standard InChI is InChI=1S/C13H11BrClNO/c14-10-3-6-12(16-8-10)7-13(17)9-1-4-11(15)5-2-9/h1-6,8,13,17H,7H2. The third-order valence-electron chi connectivity index (χ3n) is 2.45. The Morgan fingerprint density at radius 1 is 1.18 bits per heavy atom. The predicted octanol–water partition coefficient (Wildman–Crippen LogP) is 3.77. The number of hydrogen-bond donors (Lipinski definition) is 1. The Kier molecular flexibility index (Phi) is 4.15. The SMILES string of the molecule is OC(Cc1ccc(Br)cn1)c1ccc(Cl)cc1. The zero-order valence-corrected chi connectivity index (χ0v) is 11.3. The molecule has 0 aliphatic heterocycles. The molecule has 1 atom stereocenters. The molecule has 0 fully saturated rings. The van der Waals surface area contributed by atoms with Gasteiger partial charge in [0.05, 0.1) is 6.10 Å². The number of pyridine rings is 1. The van der Waals surface area contributed by atoms with Gasteiger partial charge >= 0.3 is 0 Å². The van der Waals surface area contributed by atoms with E-state index in [-0.39, 0.29) is 0 Å². The second kappa shape index (κ2) is 5.63. The second-order valence-electron chi connectivity index (χ2n) is 3.74. The van der Waals surface area contributed by atoms with Crippen LogP contribution in [-0.4, -0.2) is 10.1 Å². The number of rotatable bonds is 3. The Balaban J connectivity index is 2.08. The fraction of sp³-hybridized carbons (Fsp3) is 0.154. The summed E-state index contributed by atoms with van der Waals surface area (Å²) < 4.78 is 0.933. The molecule has 0 radical (unpaired) electrons. The molecule has 0 saturated heterocycles. The Bertz CT molecular complexity index is 484. The van der Waals surface area contributed by atoms with Gasteiger partial charge in [0.25, 0.3) is 0 Å². The van der Waals surface area contributed by atoms with Crippen molar-refractivity contribution in [2.75, 3.05) is 0 Å². The number of nitrogens with zero attached hydrogens (tertiary/aromatic N) is 1. The highest BCUT2D eigenvalue weighted by Gasteiger charge is 2.09. The maximum absolute atomic E-state index is 10.0. The third kappa shape index (κ3) is 3.53. The van der Waals surface area contributed by atoms with Crippen LogP contribution in [0.15, 0.2) is 47.1 Å². The Morgan fingerprint density at radius 2 is 1.88 bits per heavy atom. The van der Waals surface area contributed by atoms with Crippen molar-refractivity contribution < 1.29 is 5.11 Å². The molecule has 17 heavy (non-hydrogen) atoms. The van der Waals surface area contributed by atoms with Gasteiger partial charge in [-0.1, -0.05) is 23.7 Å². The highest BCUT2D eigenvalue weighted by Crippen LogP contribution is 2.20. The minimum atomic E-state index is -0.555. The molecule has 1 aromatic carbocycles. The van der Waals surface area contributed by atoms with Crippen LogP contribution in [0.5, 0.6) is 0 Å². The smallest absolute Gasteiger partial charge is 0.0845 e. The van der Waals surface area contributed by atoms with Gasteiger partial charge in [-0.3, -0.25) is 4.98 Å². The largest absolute Gasteiger partial charge is 0.388 e. The van der Waals surface area contributed by atoms with Gasteiger partial charge in [-0.2, -0.15) is 0 Å². The molecule has 1 unspecified atom stereocenters. The number of hydrogen-bond acceptors (Lipinski definition) is 2. The highest BCUT2D eigenvalue weighted by atomic mass is 79.9. The van der Waals surface area contributed by atoms with E-state index in [1.165, 1.54) is 0 Å². The molecule has 1 aromatic heterocycles. The fourth-order valence-corrected chi connectivity index (χ4v) is 1.89. The zero-order valence-electron chi connectivity index (χ0n) is 8.98. The van der Waals surface area contributed by atoms with Crippen molar-refractivity contribution in [3.05, 3.63) is 63.3 Å². The molecular weight excluding hydrogens is 302 g/mol. The monoisotopic (exact) mass is 311 g/mol. The van der Waals surface area contributed by atoms with E-state index in [1.54, 1.807) is 18.3 Å². The van der Waals surface area contributed by atoms with Gasteiger partial charge in [0.1, 0.15) is 0 Å². The van der Waals surface area contributed by atoms with Crippen LogP contribution in [0.25, 0.3) is 0 Å². The van der Waals surface area contributed by atoms with Gasteiger partial charge in [-0.25, -0.2) is 0 Å². The quantitative estimate of drug-likeness (QED) is 0.936. The van der Waals surface area contributed by atoms with Crippen molar-refractivity contribution >= 4 is 27.5 Å². The Hall–Kier alpha value is -0.900. The molecule has 4 heteroatoms. The van der Waals surface area contributed by atoms with Gasteiger partial charge in [0.15, 0.2) is 0 Å². The molecule has 0 aliphatic carbocycles. The second-order valence-corrected chi connectivity index (χ2v) is 5.09. The summed E-state index contributed by atoms with van der Waals surface area (Å²) in [6, 6.07) is 11.0. The molecular formula is C13H11BrClNO.